The molecule has 2 heterocycles. The standard InChI is InChI=1S/C16H22N4O3/c1-21-13-6-11-12(7-14(13)22-2)19-16(20-15(11)17)18-8-10-4-3-5-23-9-10/h6-7,10H,3-5,8-9H2,1-2H3,(H3,17,18,19,20). The SMILES string of the molecule is COc1cc2nc(NCC3CCCOC3)nc(N)c2cc1OC. The van der Waals surface area contributed by atoms with Crippen LogP contribution in [0, 0.1) is 5.92 Å². The van der Waals surface area contributed by atoms with Crippen molar-refractivity contribution in [3.8, 4) is 11.5 Å². The number of nitrogens with zero attached hydrogens (tertiary/aromatic N) is 2. The highest BCUT2D eigenvalue weighted by molar-refractivity contribution is 5.91. The van der Waals surface area contributed by atoms with Crippen molar-refractivity contribution in [3.63, 3.8) is 0 Å². The maximum atomic E-state index is 6.07. The van der Waals surface area contributed by atoms with Gasteiger partial charge in [-0.3, -0.25) is 0 Å². The van der Waals surface area contributed by atoms with Gasteiger partial charge in [-0.15, -0.1) is 0 Å². The number of benzene rings is 1. The number of rotatable bonds is 5. The summed E-state index contributed by atoms with van der Waals surface area (Å²) in [5.74, 6) is 2.64. The van der Waals surface area contributed by atoms with E-state index in [0.29, 0.717) is 29.2 Å². The van der Waals surface area contributed by atoms with Crippen LogP contribution < -0.4 is 20.5 Å². The van der Waals surface area contributed by atoms with Crippen LogP contribution in [0.15, 0.2) is 12.1 Å². The smallest absolute Gasteiger partial charge is 0.225 e. The van der Waals surface area contributed by atoms with Gasteiger partial charge in [-0.05, 0) is 24.8 Å². The van der Waals surface area contributed by atoms with E-state index in [2.05, 4.69) is 15.3 Å². The lowest BCUT2D eigenvalue weighted by atomic mass is 10.0. The Balaban J connectivity index is 1.84. The molecule has 3 N–H and O–H groups in total. The molecule has 2 aromatic rings. The molecule has 1 aliphatic heterocycles. The Morgan fingerprint density at radius 3 is 2.74 bits per heavy atom. The van der Waals surface area contributed by atoms with Gasteiger partial charge in [0.05, 0.1) is 26.3 Å². The molecule has 23 heavy (non-hydrogen) atoms. The molecular weight excluding hydrogens is 296 g/mol. The van der Waals surface area contributed by atoms with Crippen LogP contribution in [0.5, 0.6) is 11.5 Å². The van der Waals surface area contributed by atoms with Gasteiger partial charge in [0.25, 0.3) is 0 Å². The Morgan fingerprint density at radius 2 is 2.04 bits per heavy atom. The third kappa shape index (κ3) is 3.39. The fourth-order valence-electron chi connectivity index (χ4n) is 2.76. The molecule has 0 radical (unpaired) electrons. The summed E-state index contributed by atoms with van der Waals surface area (Å²) in [6, 6.07) is 3.60. The first-order valence-corrected chi connectivity index (χ1v) is 7.72. The summed E-state index contributed by atoms with van der Waals surface area (Å²) in [7, 11) is 3.18. The maximum Gasteiger partial charge on any atom is 0.225 e. The Kier molecular flexibility index (Phi) is 4.66. The molecule has 1 aliphatic rings. The lowest BCUT2D eigenvalue weighted by molar-refractivity contribution is 0.0594. The zero-order valence-electron chi connectivity index (χ0n) is 13.5. The molecule has 0 saturated carbocycles. The summed E-state index contributed by atoms with van der Waals surface area (Å²) >= 11 is 0. The van der Waals surface area contributed by atoms with Crippen molar-refractivity contribution in [2.75, 3.05) is 45.0 Å². The van der Waals surface area contributed by atoms with Crippen LogP contribution in [-0.2, 0) is 4.74 Å². The third-order valence-electron chi connectivity index (χ3n) is 4.03. The topological polar surface area (TPSA) is 91.5 Å². The Hall–Kier alpha value is -2.28. The van der Waals surface area contributed by atoms with E-state index >= 15 is 0 Å². The minimum Gasteiger partial charge on any atom is -0.493 e. The molecule has 1 atom stereocenters. The molecule has 124 valence electrons. The highest BCUT2D eigenvalue weighted by Gasteiger charge is 2.15. The number of fused-ring (bicyclic) bond motifs is 1. The number of anilines is 2. The number of nitrogens with two attached hydrogens (primary N) is 1. The third-order valence-corrected chi connectivity index (χ3v) is 4.03. The van der Waals surface area contributed by atoms with E-state index in [-0.39, 0.29) is 0 Å². The molecule has 0 spiro atoms. The Labute approximate surface area is 135 Å². The molecule has 1 unspecified atom stereocenters. The average Bonchev–Trinajstić information content (AvgIpc) is 2.59. The molecule has 7 nitrogen and oxygen atoms in total. The molecule has 0 bridgehead atoms. The fourth-order valence-corrected chi connectivity index (χ4v) is 2.76. The molecule has 1 aromatic heterocycles. The van der Waals surface area contributed by atoms with Crippen LogP contribution >= 0.6 is 0 Å². The fraction of sp³-hybridized carbons (Fsp3) is 0.500. The molecule has 7 heteroatoms. The second-order valence-corrected chi connectivity index (χ2v) is 5.62. The van der Waals surface area contributed by atoms with Crippen LogP contribution in [0.1, 0.15) is 12.8 Å². The van der Waals surface area contributed by atoms with Gasteiger partial charge in [0.15, 0.2) is 11.5 Å². The summed E-state index contributed by atoms with van der Waals surface area (Å²) in [6.45, 7) is 2.41. The lowest BCUT2D eigenvalue weighted by Crippen LogP contribution is -2.25. The first-order chi connectivity index (χ1) is 11.2. The molecule has 0 aliphatic carbocycles. The number of hydrogen-bond acceptors (Lipinski definition) is 7. The minimum absolute atomic E-state index is 0.415. The maximum absolute atomic E-state index is 6.07. The summed E-state index contributed by atoms with van der Waals surface area (Å²) in [4.78, 5) is 8.86. The van der Waals surface area contributed by atoms with E-state index in [4.69, 9.17) is 19.9 Å². The summed E-state index contributed by atoms with van der Waals surface area (Å²) in [6.07, 6.45) is 2.26. The van der Waals surface area contributed by atoms with Crippen molar-refractivity contribution in [2.45, 2.75) is 12.8 Å². The van der Waals surface area contributed by atoms with Crippen LogP contribution in [-0.4, -0.2) is 43.9 Å². The quantitative estimate of drug-likeness (QED) is 0.872. The highest BCUT2D eigenvalue weighted by Crippen LogP contribution is 2.33. The summed E-state index contributed by atoms with van der Waals surface area (Å²) in [5.41, 5.74) is 6.79. The lowest BCUT2D eigenvalue weighted by Gasteiger charge is -2.22. The summed E-state index contributed by atoms with van der Waals surface area (Å²) in [5, 5.41) is 4.00. The first-order valence-electron chi connectivity index (χ1n) is 7.72. The number of methoxy groups -OCH3 is 2. The van der Waals surface area contributed by atoms with E-state index in [1.807, 2.05) is 0 Å². The Morgan fingerprint density at radius 1 is 1.26 bits per heavy atom. The first kappa shape index (κ1) is 15.6. The van der Waals surface area contributed by atoms with Crippen LogP contribution in [0.3, 0.4) is 0 Å². The molecule has 1 fully saturated rings. The minimum atomic E-state index is 0.415. The number of hydrogen-bond donors (Lipinski definition) is 2. The molecule has 1 aromatic carbocycles. The van der Waals surface area contributed by atoms with Crippen molar-refractivity contribution in [2.24, 2.45) is 5.92 Å². The molecule has 3 rings (SSSR count). The van der Waals surface area contributed by atoms with Gasteiger partial charge in [0.1, 0.15) is 5.82 Å². The van der Waals surface area contributed by atoms with Crippen molar-refractivity contribution >= 4 is 22.7 Å². The predicted molar refractivity (Wildman–Crippen MR) is 89.1 cm³/mol. The highest BCUT2D eigenvalue weighted by atomic mass is 16.5. The zero-order chi connectivity index (χ0) is 16.2. The normalized spacial score (nSPS) is 17.9. The van der Waals surface area contributed by atoms with Gasteiger partial charge in [-0.2, -0.15) is 4.98 Å². The van der Waals surface area contributed by atoms with E-state index in [0.717, 1.165) is 43.5 Å². The number of nitrogen functional groups attached to an aromatic ring is 1. The van der Waals surface area contributed by atoms with Gasteiger partial charge in [0.2, 0.25) is 5.95 Å². The Bertz CT molecular complexity index is 687. The van der Waals surface area contributed by atoms with Crippen molar-refractivity contribution < 1.29 is 14.2 Å². The van der Waals surface area contributed by atoms with Crippen molar-refractivity contribution in [1.82, 2.24) is 9.97 Å². The van der Waals surface area contributed by atoms with Gasteiger partial charge in [-0.25, -0.2) is 4.98 Å². The van der Waals surface area contributed by atoms with Gasteiger partial charge in [0, 0.05) is 24.6 Å². The predicted octanol–water partition coefficient (Wildman–Crippen LogP) is 2.07. The van der Waals surface area contributed by atoms with Crippen molar-refractivity contribution in [1.29, 1.82) is 0 Å². The van der Waals surface area contributed by atoms with Gasteiger partial charge >= 0.3 is 0 Å². The molecular formula is C16H22N4O3. The number of nitrogens with one attached hydrogen (secondary N) is 1. The molecule has 1 saturated heterocycles. The van der Waals surface area contributed by atoms with E-state index in [9.17, 15) is 0 Å². The van der Waals surface area contributed by atoms with Gasteiger partial charge in [-0.1, -0.05) is 0 Å². The second-order valence-electron chi connectivity index (χ2n) is 5.62. The van der Waals surface area contributed by atoms with E-state index in [1.54, 1.807) is 26.4 Å². The number of ether oxygens (including phenoxy) is 3. The molecule has 0 amide bonds. The van der Waals surface area contributed by atoms with Gasteiger partial charge < -0.3 is 25.3 Å². The zero-order valence-corrected chi connectivity index (χ0v) is 13.5. The van der Waals surface area contributed by atoms with Crippen molar-refractivity contribution in [3.05, 3.63) is 12.1 Å². The summed E-state index contributed by atoms with van der Waals surface area (Å²) < 4.78 is 16.1. The van der Waals surface area contributed by atoms with Crippen LogP contribution in [0.2, 0.25) is 0 Å². The van der Waals surface area contributed by atoms with Crippen LogP contribution in [0.25, 0.3) is 10.9 Å². The van der Waals surface area contributed by atoms with E-state index in [1.165, 1.54) is 0 Å². The average molecular weight is 318 g/mol. The monoisotopic (exact) mass is 318 g/mol. The van der Waals surface area contributed by atoms with Crippen LogP contribution in [0.4, 0.5) is 11.8 Å². The van der Waals surface area contributed by atoms with E-state index < -0.39 is 0 Å². The number of aromatic nitrogens is 2. The largest absolute Gasteiger partial charge is 0.493 e. The second kappa shape index (κ2) is 6.87.